The van der Waals surface area contributed by atoms with E-state index < -0.39 is 0 Å². The van der Waals surface area contributed by atoms with E-state index in [0.29, 0.717) is 23.8 Å². The molecule has 20 heavy (non-hydrogen) atoms. The number of hydrogen-bond donors (Lipinski definition) is 1. The zero-order valence-electron chi connectivity index (χ0n) is 11.6. The lowest BCUT2D eigenvalue weighted by Gasteiger charge is -2.38. The van der Waals surface area contributed by atoms with Crippen molar-refractivity contribution in [3.63, 3.8) is 0 Å². The summed E-state index contributed by atoms with van der Waals surface area (Å²) >= 11 is 5.88. The van der Waals surface area contributed by atoms with Gasteiger partial charge >= 0.3 is 0 Å². The third-order valence-corrected chi connectivity index (χ3v) is 3.98. The Bertz CT molecular complexity index is 457. The number of hydrogen-bond acceptors (Lipinski definition) is 4. The summed E-state index contributed by atoms with van der Waals surface area (Å²) in [5, 5.41) is 9.84. The maximum Gasteiger partial charge on any atom is 0.272 e. The molecule has 2 rings (SSSR count). The number of pyridine rings is 1. The third-order valence-electron chi connectivity index (χ3n) is 3.74. The Kier molecular flexibility index (Phi) is 5.34. The van der Waals surface area contributed by atoms with Crippen molar-refractivity contribution in [1.29, 1.82) is 0 Å². The van der Waals surface area contributed by atoms with E-state index >= 15 is 0 Å². The minimum atomic E-state index is -0.0794. The van der Waals surface area contributed by atoms with Gasteiger partial charge < -0.3 is 10.0 Å². The van der Waals surface area contributed by atoms with Crippen LogP contribution in [0.25, 0.3) is 0 Å². The van der Waals surface area contributed by atoms with Crippen LogP contribution in [-0.4, -0.2) is 64.6 Å². The van der Waals surface area contributed by atoms with Crippen molar-refractivity contribution < 1.29 is 9.90 Å². The molecule has 1 saturated heterocycles. The molecule has 1 amide bonds. The van der Waals surface area contributed by atoms with Gasteiger partial charge in [-0.25, -0.2) is 0 Å². The first-order chi connectivity index (χ1) is 9.65. The Labute approximate surface area is 124 Å². The number of aliphatic hydroxyl groups excluding tert-OH is 1. The second-order valence-electron chi connectivity index (χ2n) is 4.93. The topological polar surface area (TPSA) is 56.7 Å². The molecule has 5 nitrogen and oxygen atoms in total. The van der Waals surface area contributed by atoms with Crippen LogP contribution in [0.4, 0.5) is 0 Å². The van der Waals surface area contributed by atoms with Crippen molar-refractivity contribution in [2.45, 2.75) is 19.4 Å². The number of aromatic nitrogens is 1. The van der Waals surface area contributed by atoms with Crippen LogP contribution >= 0.6 is 11.6 Å². The van der Waals surface area contributed by atoms with Crippen LogP contribution in [-0.2, 0) is 0 Å². The van der Waals surface area contributed by atoms with E-state index in [1.54, 1.807) is 23.2 Å². The SMILES string of the molecule is CCC(CO)N1CCN(C(=O)c2cc(Cl)ccn2)CC1. The van der Waals surface area contributed by atoms with Crippen molar-refractivity contribution in [2.75, 3.05) is 32.8 Å². The largest absolute Gasteiger partial charge is 0.395 e. The normalized spacial score (nSPS) is 18.1. The van der Waals surface area contributed by atoms with Gasteiger partial charge in [-0.3, -0.25) is 14.7 Å². The van der Waals surface area contributed by atoms with Gasteiger partial charge in [-0.15, -0.1) is 0 Å². The maximum atomic E-state index is 12.3. The smallest absolute Gasteiger partial charge is 0.272 e. The van der Waals surface area contributed by atoms with E-state index in [1.807, 2.05) is 0 Å². The van der Waals surface area contributed by atoms with Gasteiger partial charge in [-0.05, 0) is 18.6 Å². The van der Waals surface area contributed by atoms with E-state index in [4.69, 9.17) is 11.6 Å². The van der Waals surface area contributed by atoms with Gasteiger partial charge in [-0.2, -0.15) is 0 Å². The molecule has 1 aromatic heterocycles. The summed E-state index contributed by atoms with van der Waals surface area (Å²) in [4.78, 5) is 20.4. The molecule has 0 aromatic carbocycles. The molecule has 0 spiro atoms. The van der Waals surface area contributed by atoms with Crippen molar-refractivity contribution in [3.05, 3.63) is 29.0 Å². The molecule has 0 bridgehead atoms. The molecule has 1 N–H and O–H groups in total. The monoisotopic (exact) mass is 297 g/mol. The van der Waals surface area contributed by atoms with Crippen LogP contribution in [0, 0.1) is 0 Å². The molecular formula is C14H20ClN3O2. The zero-order chi connectivity index (χ0) is 14.5. The van der Waals surface area contributed by atoms with Gasteiger partial charge in [0.2, 0.25) is 0 Å². The molecule has 1 unspecified atom stereocenters. The van der Waals surface area contributed by atoms with Gasteiger partial charge in [0.15, 0.2) is 0 Å². The van der Waals surface area contributed by atoms with Crippen LogP contribution < -0.4 is 0 Å². The Balaban J connectivity index is 1.95. The van der Waals surface area contributed by atoms with Gasteiger partial charge in [0.05, 0.1) is 6.61 Å². The summed E-state index contributed by atoms with van der Waals surface area (Å²) in [6.07, 6.45) is 2.46. The number of halogens is 1. The van der Waals surface area contributed by atoms with Gasteiger partial charge in [-0.1, -0.05) is 18.5 Å². The van der Waals surface area contributed by atoms with Crippen molar-refractivity contribution >= 4 is 17.5 Å². The molecule has 2 heterocycles. The highest BCUT2D eigenvalue weighted by atomic mass is 35.5. The van der Waals surface area contributed by atoms with Crippen molar-refractivity contribution in [1.82, 2.24) is 14.8 Å². The fourth-order valence-corrected chi connectivity index (χ4v) is 2.64. The number of piperazine rings is 1. The molecule has 6 heteroatoms. The lowest BCUT2D eigenvalue weighted by Crippen LogP contribution is -2.52. The first-order valence-electron chi connectivity index (χ1n) is 6.91. The lowest BCUT2D eigenvalue weighted by molar-refractivity contribution is 0.0468. The fourth-order valence-electron chi connectivity index (χ4n) is 2.48. The van der Waals surface area contributed by atoms with Crippen LogP contribution in [0.1, 0.15) is 23.8 Å². The minimum Gasteiger partial charge on any atom is -0.395 e. The molecule has 1 fully saturated rings. The maximum absolute atomic E-state index is 12.3. The summed E-state index contributed by atoms with van der Waals surface area (Å²) in [6, 6.07) is 3.44. The quantitative estimate of drug-likeness (QED) is 0.909. The summed E-state index contributed by atoms with van der Waals surface area (Å²) in [6.45, 7) is 5.11. The highest BCUT2D eigenvalue weighted by Crippen LogP contribution is 2.13. The van der Waals surface area contributed by atoms with Gasteiger partial charge in [0.25, 0.3) is 5.91 Å². The third kappa shape index (κ3) is 3.48. The van der Waals surface area contributed by atoms with E-state index in [9.17, 15) is 9.90 Å². The predicted molar refractivity (Wildman–Crippen MR) is 77.9 cm³/mol. The summed E-state index contributed by atoms with van der Waals surface area (Å²) in [5.41, 5.74) is 0.389. The van der Waals surface area contributed by atoms with Crippen molar-refractivity contribution in [3.8, 4) is 0 Å². The summed E-state index contributed by atoms with van der Waals surface area (Å²) in [5.74, 6) is -0.0794. The number of rotatable bonds is 4. The Morgan fingerprint density at radius 2 is 2.15 bits per heavy atom. The summed E-state index contributed by atoms with van der Waals surface area (Å²) < 4.78 is 0. The fraction of sp³-hybridized carbons (Fsp3) is 0.571. The standard InChI is InChI=1S/C14H20ClN3O2/c1-2-12(10-19)17-5-7-18(8-6-17)14(20)13-9-11(15)3-4-16-13/h3-4,9,12,19H,2,5-8,10H2,1H3. The van der Waals surface area contributed by atoms with Crippen LogP contribution in [0.2, 0.25) is 5.02 Å². The van der Waals surface area contributed by atoms with Crippen LogP contribution in [0.3, 0.4) is 0 Å². The van der Waals surface area contributed by atoms with Crippen molar-refractivity contribution in [2.24, 2.45) is 0 Å². The molecule has 1 atom stereocenters. The second-order valence-corrected chi connectivity index (χ2v) is 5.37. The average molecular weight is 298 g/mol. The summed E-state index contributed by atoms with van der Waals surface area (Å²) in [7, 11) is 0. The molecule has 1 aromatic rings. The molecule has 1 aliphatic heterocycles. The first-order valence-corrected chi connectivity index (χ1v) is 7.29. The highest BCUT2D eigenvalue weighted by Gasteiger charge is 2.26. The Morgan fingerprint density at radius 1 is 1.45 bits per heavy atom. The number of carbonyl (C=O) groups is 1. The second kappa shape index (κ2) is 7.02. The number of aliphatic hydroxyl groups is 1. The average Bonchev–Trinajstić information content (AvgIpc) is 2.48. The number of carbonyl (C=O) groups excluding carboxylic acids is 1. The molecule has 0 radical (unpaired) electrons. The van der Waals surface area contributed by atoms with E-state index in [2.05, 4.69) is 16.8 Å². The molecule has 0 saturated carbocycles. The molecule has 110 valence electrons. The van der Waals surface area contributed by atoms with E-state index in [1.165, 1.54) is 0 Å². The first kappa shape index (κ1) is 15.2. The Hall–Kier alpha value is -1.17. The molecular weight excluding hydrogens is 278 g/mol. The van der Waals surface area contributed by atoms with Crippen LogP contribution in [0.15, 0.2) is 18.3 Å². The number of nitrogens with zero attached hydrogens (tertiary/aromatic N) is 3. The Morgan fingerprint density at radius 3 is 2.70 bits per heavy atom. The number of amides is 1. The minimum absolute atomic E-state index is 0.0794. The highest BCUT2D eigenvalue weighted by molar-refractivity contribution is 6.30. The molecule has 1 aliphatic rings. The van der Waals surface area contributed by atoms with E-state index in [0.717, 1.165) is 19.5 Å². The predicted octanol–water partition coefficient (Wildman–Crippen LogP) is 1.26. The van der Waals surface area contributed by atoms with Crippen LogP contribution in [0.5, 0.6) is 0 Å². The molecule has 0 aliphatic carbocycles. The zero-order valence-corrected chi connectivity index (χ0v) is 12.4. The van der Waals surface area contributed by atoms with E-state index in [-0.39, 0.29) is 18.6 Å². The van der Waals surface area contributed by atoms with Gasteiger partial charge in [0, 0.05) is 43.4 Å². The lowest BCUT2D eigenvalue weighted by atomic mass is 10.1. The van der Waals surface area contributed by atoms with Gasteiger partial charge in [0.1, 0.15) is 5.69 Å².